The van der Waals surface area contributed by atoms with E-state index in [1.807, 2.05) is 6.07 Å². The van der Waals surface area contributed by atoms with E-state index in [0.717, 1.165) is 19.3 Å². The molecular weight excluding hydrogens is 345 g/mol. The number of fused-ring (bicyclic) bond motifs is 2. The Morgan fingerprint density at radius 3 is 2.59 bits per heavy atom. The highest BCUT2D eigenvalue weighted by Gasteiger charge is 2.18. The van der Waals surface area contributed by atoms with Crippen molar-refractivity contribution in [1.29, 1.82) is 0 Å². The zero-order valence-corrected chi connectivity index (χ0v) is 15.3. The van der Waals surface area contributed by atoms with Crippen molar-refractivity contribution < 1.29 is 4.39 Å². The first-order chi connectivity index (χ1) is 13.1. The summed E-state index contributed by atoms with van der Waals surface area (Å²) < 4.78 is 16.7. The van der Waals surface area contributed by atoms with Gasteiger partial charge in [-0.05, 0) is 43.7 Å². The van der Waals surface area contributed by atoms with Crippen LogP contribution in [0.15, 0.2) is 41.3 Å². The second-order valence-corrected chi connectivity index (χ2v) is 6.62. The van der Waals surface area contributed by atoms with Gasteiger partial charge in [-0.25, -0.2) is 9.37 Å². The van der Waals surface area contributed by atoms with Gasteiger partial charge in [0.05, 0.1) is 16.6 Å². The molecule has 0 aliphatic heterocycles. The fourth-order valence-corrected chi connectivity index (χ4v) is 3.30. The topological polar surface area (TPSA) is 65.1 Å². The number of aryl methyl sites for hydroxylation is 2. The summed E-state index contributed by atoms with van der Waals surface area (Å²) in [7, 11) is 0. The van der Waals surface area contributed by atoms with Crippen LogP contribution in [0.2, 0.25) is 0 Å². The third kappa shape index (κ3) is 3.09. The fourth-order valence-electron chi connectivity index (χ4n) is 3.30. The highest BCUT2D eigenvalue weighted by atomic mass is 19.1. The zero-order valence-electron chi connectivity index (χ0n) is 15.3. The number of hydrogen-bond acceptors (Lipinski definition) is 4. The van der Waals surface area contributed by atoms with E-state index < -0.39 is 0 Å². The Bertz CT molecular complexity index is 1180. The van der Waals surface area contributed by atoms with Crippen molar-refractivity contribution in [2.45, 2.75) is 39.7 Å². The lowest BCUT2D eigenvalue weighted by Gasteiger charge is -2.11. The Kier molecular flexibility index (Phi) is 4.43. The van der Waals surface area contributed by atoms with E-state index in [1.54, 1.807) is 34.3 Å². The Morgan fingerprint density at radius 2 is 1.85 bits per heavy atom. The molecule has 4 aromatic rings. The van der Waals surface area contributed by atoms with Crippen LogP contribution in [0, 0.1) is 12.7 Å². The minimum atomic E-state index is -0.333. The molecule has 0 amide bonds. The maximum atomic E-state index is 13.4. The van der Waals surface area contributed by atoms with Crippen molar-refractivity contribution in [3.05, 3.63) is 58.5 Å². The molecule has 0 N–H and O–H groups in total. The molecule has 0 aliphatic rings. The van der Waals surface area contributed by atoms with Gasteiger partial charge < -0.3 is 4.57 Å². The van der Waals surface area contributed by atoms with Crippen LogP contribution in [0.5, 0.6) is 0 Å². The minimum absolute atomic E-state index is 0.120. The number of benzene rings is 1. The number of aromatic nitrogens is 5. The smallest absolute Gasteiger partial charge is 0.262 e. The molecule has 27 heavy (non-hydrogen) atoms. The summed E-state index contributed by atoms with van der Waals surface area (Å²) in [6.07, 6.45) is 4.87. The number of unbranched alkanes of at least 4 members (excludes halogenated alkanes) is 2. The predicted molar refractivity (Wildman–Crippen MR) is 102 cm³/mol. The molecule has 6 nitrogen and oxygen atoms in total. The molecule has 3 heterocycles. The van der Waals surface area contributed by atoms with E-state index in [4.69, 9.17) is 0 Å². The van der Waals surface area contributed by atoms with Crippen molar-refractivity contribution >= 4 is 16.7 Å². The molecule has 0 radical (unpaired) electrons. The van der Waals surface area contributed by atoms with Gasteiger partial charge in [0.1, 0.15) is 11.6 Å². The number of rotatable bonds is 5. The maximum absolute atomic E-state index is 13.4. The van der Waals surface area contributed by atoms with Crippen LogP contribution >= 0.6 is 0 Å². The van der Waals surface area contributed by atoms with Crippen LogP contribution < -0.4 is 5.56 Å². The zero-order chi connectivity index (χ0) is 19.0. The third-order valence-electron chi connectivity index (χ3n) is 4.63. The quantitative estimate of drug-likeness (QED) is 0.505. The minimum Gasteiger partial charge on any atom is -0.315 e. The predicted octanol–water partition coefficient (Wildman–Crippen LogP) is 3.74. The first-order valence-electron chi connectivity index (χ1n) is 9.11. The summed E-state index contributed by atoms with van der Waals surface area (Å²) >= 11 is 0. The van der Waals surface area contributed by atoms with Gasteiger partial charge in [-0.2, -0.15) is 9.50 Å². The van der Waals surface area contributed by atoms with Crippen molar-refractivity contribution in [2.24, 2.45) is 0 Å². The second kappa shape index (κ2) is 6.90. The molecule has 0 atom stereocenters. The third-order valence-corrected chi connectivity index (χ3v) is 4.63. The molecule has 4 rings (SSSR count). The summed E-state index contributed by atoms with van der Waals surface area (Å²) in [6.45, 7) is 4.56. The summed E-state index contributed by atoms with van der Waals surface area (Å²) in [4.78, 5) is 22.1. The highest BCUT2D eigenvalue weighted by molar-refractivity contribution is 5.93. The Balaban J connectivity index is 2.03. The molecule has 1 aromatic carbocycles. The standard InChI is InChI=1S/C20H20FN5O/c1-3-4-5-11-25-12-10-16-17(19(25)27)18(14-6-8-15(21)9-7-14)26-20(23-16)22-13(2)24-26/h6-10,12H,3-5,11H2,1-2H3. The first kappa shape index (κ1) is 17.3. The molecule has 0 spiro atoms. The van der Waals surface area contributed by atoms with Crippen LogP contribution in [0.4, 0.5) is 4.39 Å². The summed E-state index contributed by atoms with van der Waals surface area (Å²) in [5.41, 5.74) is 1.73. The monoisotopic (exact) mass is 365 g/mol. The van der Waals surface area contributed by atoms with Gasteiger partial charge in [0.15, 0.2) is 0 Å². The van der Waals surface area contributed by atoms with Crippen LogP contribution in [0.25, 0.3) is 27.9 Å². The van der Waals surface area contributed by atoms with Gasteiger partial charge in [0, 0.05) is 18.3 Å². The van der Waals surface area contributed by atoms with E-state index in [0.29, 0.717) is 40.3 Å². The summed E-state index contributed by atoms with van der Waals surface area (Å²) in [6, 6.07) is 7.88. The van der Waals surface area contributed by atoms with Crippen LogP contribution in [-0.2, 0) is 6.54 Å². The van der Waals surface area contributed by atoms with Crippen molar-refractivity contribution in [2.75, 3.05) is 0 Å². The second-order valence-electron chi connectivity index (χ2n) is 6.62. The number of halogens is 1. The van der Waals surface area contributed by atoms with E-state index in [1.165, 1.54) is 12.1 Å². The molecule has 3 aromatic heterocycles. The van der Waals surface area contributed by atoms with Crippen molar-refractivity contribution in [3.63, 3.8) is 0 Å². The first-order valence-corrected chi connectivity index (χ1v) is 9.11. The van der Waals surface area contributed by atoms with E-state index in [2.05, 4.69) is 22.0 Å². The molecule has 138 valence electrons. The fraction of sp³-hybridized carbons (Fsp3) is 0.300. The largest absolute Gasteiger partial charge is 0.315 e. The molecule has 0 aliphatic carbocycles. The molecule has 7 heteroatoms. The molecule has 0 saturated carbocycles. The van der Waals surface area contributed by atoms with E-state index in [-0.39, 0.29) is 11.4 Å². The van der Waals surface area contributed by atoms with E-state index in [9.17, 15) is 9.18 Å². The highest BCUT2D eigenvalue weighted by Crippen LogP contribution is 2.26. The van der Waals surface area contributed by atoms with Gasteiger partial charge >= 0.3 is 0 Å². The van der Waals surface area contributed by atoms with Gasteiger partial charge in [-0.1, -0.05) is 19.8 Å². The van der Waals surface area contributed by atoms with Crippen molar-refractivity contribution in [1.82, 2.24) is 24.1 Å². The molecule has 0 unspecified atom stereocenters. The van der Waals surface area contributed by atoms with Gasteiger partial charge in [0.2, 0.25) is 0 Å². The Labute approximate surface area is 155 Å². The van der Waals surface area contributed by atoms with Crippen LogP contribution in [0.3, 0.4) is 0 Å². The summed E-state index contributed by atoms with van der Waals surface area (Å²) in [5, 5.41) is 4.88. The van der Waals surface area contributed by atoms with Gasteiger partial charge in [-0.3, -0.25) is 4.79 Å². The number of hydrogen-bond donors (Lipinski definition) is 0. The Hall–Kier alpha value is -3.09. The molecular formula is C20H20FN5O. The number of pyridine rings is 1. The van der Waals surface area contributed by atoms with Crippen LogP contribution in [-0.4, -0.2) is 24.1 Å². The average molecular weight is 365 g/mol. The normalized spacial score (nSPS) is 11.5. The average Bonchev–Trinajstić information content (AvgIpc) is 3.03. The van der Waals surface area contributed by atoms with Gasteiger partial charge in [0.25, 0.3) is 11.3 Å². The lowest BCUT2D eigenvalue weighted by molar-refractivity contribution is 0.590. The maximum Gasteiger partial charge on any atom is 0.262 e. The molecule has 0 bridgehead atoms. The Morgan fingerprint density at radius 1 is 1.07 bits per heavy atom. The van der Waals surface area contributed by atoms with Gasteiger partial charge in [-0.15, -0.1) is 5.10 Å². The number of nitrogens with zero attached hydrogens (tertiary/aromatic N) is 5. The SMILES string of the molecule is CCCCCn1ccc2nc3nc(C)nn3c(-c3ccc(F)cc3)c2c1=O. The summed E-state index contributed by atoms with van der Waals surface area (Å²) in [5.74, 6) is 0.645. The molecule has 0 saturated heterocycles. The molecule has 0 fully saturated rings. The lowest BCUT2D eigenvalue weighted by atomic mass is 10.1. The van der Waals surface area contributed by atoms with Crippen LogP contribution in [0.1, 0.15) is 32.0 Å². The van der Waals surface area contributed by atoms with E-state index >= 15 is 0 Å². The van der Waals surface area contributed by atoms with Crippen molar-refractivity contribution in [3.8, 4) is 11.3 Å². The lowest BCUT2D eigenvalue weighted by Crippen LogP contribution is -2.21.